The minimum atomic E-state index is -3.81. The number of nitrogens with one attached hydrogen (secondary N) is 1. The van der Waals surface area contributed by atoms with Crippen LogP contribution in [0.15, 0.2) is 47.4 Å². The highest BCUT2D eigenvalue weighted by Crippen LogP contribution is 2.24. The normalized spacial score (nSPS) is 10.8. The molecule has 6 heteroatoms. The molecule has 0 aliphatic heterocycles. The van der Waals surface area contributed by atoms with Gasteiger partial charge in [0.15, 0.2) is 0 Å². The van der Waals surface area contributed by atoms with Crippen molar-refractivity contribution in [1.29, 1.82) is 5.26 Å². The molecule has 2 rings (SSSR count). The number of benzene rings is 2. The van der Waals surface area contributed by atoms with Crippen LogP contribution >= 0.6 is 11.6 Å². The summed E-state index contributed by atoms with van der Waals surface area (Å²) in [5, 5.41) is 9.51. The van der Waals surface area contributed by atoms with Gasteiger partial charge in [-0.05, 0) is 42.8 Å². The maximum atomic E-state index is 12.3. The van der Waals surface area contributed by atoms with E-state index in [4.69, 9.17) is 16.9 Å². The lowest BCUT2D eigenvalue weighted by Gasteiger charge is -2.11. The molecule has 0 heterocycles. The number of anilines is 1. The van der Waals surface area contributed by atoms with Crippen LogP contribution in [0.3, 0.4) is 0 Å². The van der Waals surface area contributed by atoms with Gasteiger partial charge in [-0.25, -0.2) is 8.42 Å². The van der Waals surface area contributed by atoms with E-state index in [0.717, 1.165) is 0 Å². The molecule has 0 aliphatic carbocycles. The number of sulfonamides is 1. The first-order chi connectivity index (χ1) is 9.44. The van der Waals surface area contributed by atoms with Crippen molar-refractivity contribution >= 4 is 27.3 Å². The highest BCUT2D eigenvalue weighted by Gasteiger charge is 2.18. The van der Waals surface area contributed by atoms with Crippen LogP contribution in [0.5, 0.6) is 0 Å². The molecule has 1 N–H and O–H groups in total. The monoisotopic (exact) mass is 306 g/mol. The minimum Gasteiger partial charge on any atom is -0.279 e. The average molecular weight is 307 g/mol. The SMILES string of the molecule is Cc1cc(Cl)ccc1NS(=O)(=O)c1ccccc1C#N. The number of nitrogens with zero attached hydrogens (tertiary/aromatic N) is 1. The zero-order valence-corrected chi connectivity index (χ0v) is 12.2. The lowest BCUT2D eigenvalue weighted by atomic mass is 10.2. The van der Waals surface area contributed by atoms with Crippen molar-refractivity contribution in [1.82, 2.24) is 0 Å². The van der Waals surface area contributed by atoms with Crippen molar-refractivity contribution in [2.75, 3.05) is 4.72 Å². The summed E-state index contributed by atoms with van der Waals surface area (Å²) in [4.78, 5) is -0.0446. The summed E-state index contributed by atoms with van der Waals surface area (Å²) < 4.78 is 27.1. The summed E-state index contributed by atoms with van der Waals surface area (Å²) in [6, 6.07) is 12.8. The zero-order valence-electron chi connectivity index (χ0n) is 10.6. The topological polar surface area (TPSA) is 70.0 Å². The summed E-state index contributed by atoms with van der Waals surface area (Å²) in [6.07, 6.45) is 0. The van der Waals surface area contributed by atoms with Crippen LogP contribution in [0.1, 0.15) is 11.1 Å². The second-order valence-electron chi connectivity index (χ2n) is 4.17. The van der Waals surface area contributed by atoms with Crippen LogP contribution < -0.4 is 4.72 Å². The van der Waals surface area contributed by atoms with Crippen molar-refractivity contribution in [3.05, 3.63) is 58.6 Å². The Hall–Kier alpha value is -2.03. The van der Waals surface area contributed by atoms with Crippen LogP contribution in [0.25, 0.3) is 0 Å². The molecule has 0 fully saturated rings. The zero-order chi connectivity index (χ0) is 14.8. The standard InChI is InChI=1S/C14H11ClN2O2S/c1-10-8-12(15)6-7-13(10)17-20(18,19)14-5-3-2-4-11(14)9-16/h2-8,17H,1H3. The van der Waals surface area contributed by atoms with E-state index in [-0.39, 0.29) is 10.5 Å². The maximum Gasteiger partial charge on any atom is 0.263 e. The first kappa shape index (κ1) is 14.4. The Bertz CT molecular complexity index is 795. The first-order valence-electron chi connectivity index (χ1n) is 5.72. The molecular weight excluding hydrogens is 296 g/mol. The molecule has 2 aromatic rings. The number of hydrogen-bond acceptors (Lipinski definition) is 3. The van der Waals surface area contributed by atoms with Gasteiger partial charge in [0.2, 0.25) is 0 Å². The number of aryl methyl sites for hydroxylation is 1. The van der Waals surface area contributed by atoms with Gasteiger partial charge in [-0.2, -0.15) is 5.26 Å². The summed E-state index contributed by atoms with van der Waals surface area (Å²) in [5.41, 5.74) is 1.24. The van der Waals surface area contributed by atoms with E-state index in [9.17, 15) is 8.42 Å². The summed E-state index contributed by atoms with van der Waals surface area (Å²) >= 11 is 5.83. The highest BCUT2D eigenvalue weighted by atomic mass is 35.5. The fraction of sp³-hybridized carbons (Fsp3) is 0.0714. The molecule has 0 spiro atoms. The molecule has 20 heavy (non-hydrogen) atoms. The Morgan fingerprint density at radius 1 is 1.20 bits per heavy atom. The largest absolute Gasteiger partial charge is 0.279 e. The van der Waals surface area contributed by atoms with E-state index in [2.05, 4.69) is 4.72 Å². The summed E-state index contributed by atoms with van der Waals surface area (Å²) in [7, 11) is -3.81. The third kappa shape index (κ3) is 2.93. The van der Waals surface area contributed by atoms with Crippen LogP contribution in [0.4, 0.5) is 5.69 Å². The number of halogens is 1. The van der Waals surface area contributed by atoms with Crippen LogP contribution in [-0.4, -0.2) is 8.42 Å². The second kappa shape index (κ2) is 5.53. The van der Waals surface area contributed by atoms with Crippen LogP contribution in [0.2, 0.25) is 5.02 Å². The predicted octanol–water partition coefficient (Wildman–Crippen LogP) is 3.32. The minimum absolute atomic E-state index is 0.0446. The van der Waals surface area contributed by atoms with E-state index in [0.29, 0.717) is 16.3 Å². The van der Waals surface area contributed by atoms with E-state index < -0.39 is 10.0 Å². The van der Waals surface area contributed by atoms with Crippen molar-refractivity contribution in [3.63, 3.8) is 0 Å². The van der Waals surface area contributed by atoms with E-state index >= 15 is 0 Å². The number of nitriles is 1. The molecule has 0 aliphatic rings. The van der Waals surface area contributed by atoms with Gasteiger partial charge in [-0.1, -0.05) is 23.7 Å². The van der Waals surface area contributed by atoms with E-state index in [1.807, 2.05) is 6.07 Å². The van der Waals surface area contributed by atoms with Crippen molar-refractivity contribution in [2.45, 2.75) is 11.8 Å². The molecular formula is C14H11ClN2O2S. The van der Waals surface area contributed by atoms with Gasteiger partial charge in [-0.3, -0.25) is 4.72 Å². The fourth-order valence-corrected chi connectivity index (χ4v) is 3.25. The lowest BCUT2D eigenvalue weighted by molar-refractivity contribution is 0.601. The quantitative estimate of drug-likeness (QED) is 0.945. The first-order valence-corrected chi connectivity index (χ1v) is 7.58. The van der Waals surface area contributed by atoms with Gasteiger partial charge in [0.05, 0.1) is 11.3 Å². The molecule has 0 aromatic heterocycles. The molecule has 4 nitrogen and oxygen atoms in total. The van der Waals surface area contributed by atoms with Gasteiger partial charge in [0.25, 0.3) is 10.0 Å². The Kier molecular flexibility index (Phi) is 3.98. The van der Waals surface area contributed by atoms with Gasteiger partial charge >= 0.3 is 0 Å². The van der Waals surface area contributed by atoms with Gasteiger partial charge in [-0.15, -0.1) is 0 Å². The Balaban J connectivity index is 2.44. The van der Waals surface area contributed by atoms with Gasteiger partial charge < -0.3 is 0 Å². The van der Waals surface area contributed by atoms with Crippen molar-refractivity contribution in [2.24, 2.45) is 0 Å². The van der Waals surface area contributed by atoms with E-state index in [1.54, 1.807) is 37.3 Å². The lowest BCUT2D eigenvalue weighted by Crippen LogP contribution is -2.15. The fourth-order valence-electron chi connectivity index (χ4n) is 1.73. The molecule has 102 valence electrons. The molecule has 0 unspecified atom stereocenters. The number of rotatable bonds is 3. The Morgan fingerprint density at radius 2 is 1.90 bits per heavy atom. The molecule has 0 saturated carbocycles. The Labute approximate surface area is 122 Å². The summed E-state index contributed by atoms with van der Waals surface area (Å²) in [5.74, 6) is 0. The molecule has 0 atom stereocenters. The van der Waals surface area contributed by atoms with Gasteiger partial charge in [0.1, 0.15) is 11.0 Å². The number of hydrogen-bond donors (Lipinski definition) is 1. The average Bonchev–Trinajstić information content (AvgIpc) is 2.42. The van der Waals surface area contributed by atoms with Crippen molar-refractivity contribution in [3.8, 4) is 6.07 Å². The molecule has 2 aromatic carbocycles. The molecule has 0 radical (unpaired) electrons. The maximum absolute atomic E-state index is 12.3. The second-order valence-corrected chi connectivity index (χ2v) is 6.26. The predicted molar refractivity (Wildman–Crippen MR) is 78.2 cm³/mol. The van der Waals surface area contributed by atoms with Crippen LogP contribution in [-0.2, 0) is 10.0 Å². The third-order valence-electron chi connectivity index (χ3n) is 2.73. The van der Waals surface area contributed by atoms with E-state index in [1.165, 1.54) is 12.1 Å². The Morgan fingerprint density at radius 3 is 2.55 bits per heavy atom. The van der Waals surface area contributed by atoms with Crippen molar-refractivity contribution < 1.29 is 8.42 Å². The smallest absolute Gasteiger partial charge is 0.263 e. The van der Waals surface area contributed by atoms with Gasteiger partial charge in [0, 0.05) is 5.02 Å². The highest BCUT2D eigenvalue weighted by molar-refractivity contribution is 7.92. The molecule has 0 amide bonds. The molecule has 0 bridgehead atoms. The summed E-state index contributed by atoms with van der Waals surface area (Å²) in [6.45, 7) is 1.75. The van der Waals surface area contributed by atoms with Crippen LogP contribution in [0, 0.1) is 18.3 Å². The third-order valence-corrected chi connectivity index (χ3v) is 4.39. The molecule has 0 saturated heterocycles.